The summed E-state index contributed by atoms with van der Waals surface area (Å²) in [6, 6.07) is 1.99. The first kappa shape index (κ1) is 15.7. The Bertz CT molecular complexity index is 496. The van der Waals surface area contributed by atoms with Crippen molar-refractivity contribution in [3.05, 3.63) is 16.5 Å². The molecule has 4 nitrogen and oxygen atoms in total. The summed E-state index contributed by atoms with van der Waals surface area (Å²) >= 11 is 3.51. The molecule has 1 saturated heterocycles. The first-order valence-electron chi connectivity index (χ1n) is 7.05. The second kappa shape index (κ2) is 5.26. The SMILES string of the molecule is CC1CN(c2cc(Br)nc(C(C)(C)C)n2)CC(C)(C)O1. The summed E-state index contributed by atoms with van der Waals surface area (Å²) in [5, 5.41) is 0. The first-order chi connectivity index (χ1) is 9.07. The van der Waals surface area contributed by atoms with Crippen molar-refractivity contribution in [2.75, 3.05) is 18.0 Å². The van der Waals surface area contributed by atoms with Crippen molar-refractivity contribution in [3.63, 3.8) is 0 Å². The standard InChI is InChI=1S/C15H24BrN3O/c1-10-8-19(9-15(5,6)20-10)12-7-11(16)17-13(18-12)14(2,3)4/h7,10H,8-9H2,1-6H3. The lowest BCUT2D eigenvalue weighted by atomic mass is 9.96. The van der Waals surface area contributed by atoms with Crippen molar-refractivity contribution in [2.24, 2.45) is 0 Å². The maximum absolute atomic E-state index is 5.96. The second-order valence-corrected chi connectivity index (χ2v) is 8.00. The molecule has 2 rings (SSSR count). The third kappa shape index (κ3) is 3.70. The van der Waals surface area contributed by atoms with Crippen LogP contribution in [0.1, 0.15) is 47.4 Å². The lowest BCUT2D eigenvalue weighted by Gasteiger charge is -2.42. The van der Waals surface area contributed by atoms with Crippen LogP contribution in [0.4, 0.5) is 5.82 Å². The lowest BCUT2D eigenvalue weighted by molar-refractivity contribution is -0.0751. The van der Waals surface area contributed by atoms with Gasteiger partial charge in [0.05, 0.1) is 11.7 Å². The van der Waals surface area contributed by atoms with Gasteiger partial charge in [0, 0.05) is 24.6 Å². The molecule has 0 amide bonds. The van der Waals surface area contributed by atoms with Crippen LogP contribution in [0.5, 0.6) is 0 Å². The van der Waals surface area contributed by atoms with Crippen LogP contribution in [-0.4, -0.2) is 34.8 Å². The van der Waals surface area contributed by atoms with Crippen LogP contribution in [0.3, 0.4) is 0 Å². The van der Waals surface area contributed by atoms with Crippen LogP contribution in [0.15, 0.2) is 10.7 Å². The molecular weight excluding hydrogens is 318 g/mol. The summed E-state index contributed by atoms with van der Waals surface area (Å²) in [5.74, 6) is 1.83. The van der Waals surface area contributed by atoms with E-state index in [0.29, 0.717) is 0 Å². The zero-order valence-electron chi connectivity index (χ0n) is 13.2. The molecule has 1 unspecified atom stereocenters. The van der Waals surface area contributed by atoms with Crippen molar-refractivity contribution >= 4 is 21.7 Å². The fourth-order valence-corrected chi connectivity index (χ4v) is 2.90. The Morgan fingerprint density at radius 2 is 2.00 bits per heavy atom. The number of hydrogen-bond acceptors (Lipinski definition) is 4. The molecule has 0 bridgehead atoms. The molecule has 5 heteroatoms. The number of aromatic nitrogens is 2. The third-order valence-corrected chi connectivity index (χ3v) is 3.65. The fraction of sp³-hybridized carbons (Fsp3) is 0.733. The van der Waals surface area contributed by atoms with E-state index in [1.807, 2.05) is 6.07 Å². The van der Waals surface area contributed by atoms with Gasteiger partial charge in [0.1, 0.15) is 16.2 Å². The number of morpholine rings is 1. The highest BCUT2D eigenvalue weighted by Crippen LogP contribution is 2.28. The summed E-state index contributed by atoms with van der Waals surface area (Å²) in [7, 11) is 0. The van der Waals surface area contributed by atoms with Crippen molar-refractivity contribution < 1.29 is 4.74 Å². The summed E-state index contributed by atoms with van der Waals surface area (Å²) < 4.78 is 6.79. The Balaban J connectivity index is 2.35. The number of anilines is 1. The molecule has 1 aromatic heterocycles. The van der Waals surface area contributed by atoms with Crippen LogP contribution < -0.4 is 4.90 Å². The van der Waals surface area contributed by atoms with Crippen LogP contribution in [0.2, 0.25) is 0 Å². The van der Waals surface area contributed by atoms with E-state index in [0.717, 1.165) is 29.3 Å². The molecule has 112 valence electrons. The minimum absolute atomic E-state index is 0.0635. The van der Waals surface area contributed by atoms with Crippen molar-refractivity contribution in [1.82, 2.24) is 9.97 Å². The van der Waals surface area contributed by atoms with E-state index in [2.05, 4.69) is 67.4 Å². The fourth-order valence-electron chi connectivity index (χ4n) is 2.53. The van der Waals surface area contributed by atoms with E-state index < -0.39 is 0 Å². The van der Waals surface area contributed by atoms with E-state index in [1.54, 1.807) is 0 Å². The largest absolute Gasteiger partial charge is 0.369 e. The van der Waals surface area contributed by atoms with Gasteiger partial charge >= 0.3 is 0 Å². The van der Waals surface area contributed by atoms with Gasteiger partial charge in [0.15, 0.2) is 0 Å². The molecule has 1 aliphatic rings. The molecule has 1 aromatic rings. The van der Waals surface area contributed by atoms with Crippen molar-refractivity contribution in [1.29, 1.82) is 0 Å². The maximum atomic E-state index is 5.96. The number of rotatable bonds is 1. The summed E-state index contributed by atoms with van der Waals surface area (Å²) in [4.78, 5) is 11.5. The Hall–Kier alpha value is -0.680. The van der Waals surface area contributed by atoms with Crippen LogP contribution in [-0.2, 0) is 10.2 Å². The van der Waals surface area contributed by atoms with Crippen molar-refractivity contribution in [3.8, 4) is 0 Å². The molecule has 20 heavy (non-hydrogen) atoms. The van der Waals surface area contributed by atoms with Crippen LogP contribution >= 0.6 is 15.9 Å². The van der Waals surface area contributed by atoms with Gasteiger partial charge in [-0.3, -0.25) is 0 Å². The maximum Gasteiger partial charge on any atom is 0.137 e. The topological polar surface area (TPSA) is 38.2 Å². The zero-order valence-corrected chi connectivity index (χ0v) is 14.8. The average Bonchev–Trinajstić information content (AvgIpc) is 2.24. The van der Waals surface area contributed by atoms with E-state index in [4.69, 9.17) is 9.72 Å². The Kier molecular flexibility index (Phi) is 4.13. The second-order valence-electron chi connectivity index (χ2n) is 7.19. The molecule has 1 aliphatic heterocycles. The van der Waals surface area contributed by atoms with E-state index >= 15 is 0 Å². The first-order valence-corrected chi connectivity index (χ1v) is 7.84. The van der Waals surface area contributed by atoms with Gasteiger partial charge in [-0.2, -0.15) is 0 Å². The minimum atomic E-state index is -0.156. The normalized spacial score (nSPS) is 22.9. The molecule has 0 spiro atoms. The van der Waals surface area contributed by atoms with Crippen LogP contribution in [0.25, 0.3) is 0 Å². The van der Waals surface area contributed by atoms with Gasteiger partial charge in [0.2, 0.25) is 0 Å². The highest BCUT2D eigenvalue weighted by Gasteiger charge is 2.32. The Morgan fingerprint density at radius 3 is 2.55 bits per heavy atom. The monoisotopic (exact) mass is 341 g/mol. The Labute approximate surface area is 130 Å². The summed E-state index contributed by atoms with van der Waals surface area (Å²) in [5.41, 5.74) is -0.219. The number of nitrogens with zero attached hydrogens (tertiary/aromatic N) is 3. The molecule has 2 heterocycles. The number of ether oxygens (including phenoxy) is 1. The number of hydrogen-bond donors (Lipinski definition) is 0. The van der Waals surface area contributed by atoms with Gasteiger partial charge in [-0.05, 0) is 36.7 Å². The van der Waals surface area contributed by atoms with Crippen molar-refractivity contribution in [2.45, 2.75) is 58.7 Å². The third-order valence-electron chi connectivity index (χ3n) is 3.25. The molecule has 0 saturated carbocycles. The predicted molar refractivity (Wildman–Crippen MR) is 85.3 cm³/mol. The quantitative estimate of drug-likeness (QED) is 0.732. The van der Waals surface area contributed by atoms with E-state index in [-0.39, 0.29) is 17.1 Å². The Morgan fingerprint density at radius 1 is 1.35 bits per heavy atom. The average molecular weight is 342 g/mol. The molecule has 0 aliphatic carbocycles. The predicted octanol–water partition coefficient (Wildman–Crippen LogP) is 3.54. The molecule has 0 radical (unpaired) electrons. The molecule has 1 atom stereocenters. The van der Waals surface area contributed by atoms with E-state index in [9.17, 15) is 0 Å². The van der Waals surface area contributed by atoms with Gasteiger partial charge in [-0.25, -0.2) is 9.97 Å². The number of halogens is 1. The molecule has 0 N–H and O–H groups in total. The lowest BCUT2D eigenvalue weighted by Crippen LogP contribution is -2.52. The molecular formula is C15H24BrN3O. The highest BCUT2D eigenvalue weighted by molar-refractivity contribution is 9.10. The summed E-state index contributed by atoms with van der Waals surface area (Å²) in [6.45, 7) is 14.4. The molecule has 0 aromatic carbocycles. The zero-order chi connectivity index (χ0) is 15.1. The van der Waals surface area contributed by atoms with Gasteiger partial charge in [0.25, 0.3) is 0 Å². The van der Waals surface area contributed by atoms with Gasteiger partial charge in [-0.15, -0.1) is 0 Å². The van der Waals surface area contributed by atoms with E-state index in [1.165, 1.54) is 0 Å². The summed E-state index contributed by atoms with van der Waals surface area (Å²) in [6.07, 6.45) is 0.200. The minimum Gasteiger partial charge on any atom is -0.369 e. The smallest absolute Gasteiger partial charge is 0.137 e. The highest BCUT2D eigenvalue weighted by atomic mass is 79.9. The molecule has 1 fully saturated rings. The van der Waals surface area contributed by atoms with Gasteiger partial charge in [-0.1, -0.05) is 20.8 Å². The van der Waals surface area contributed by atoms with Crippen LogP contribution in [0, 0.1) is 0 Å². The van der Waals surface area contributed by atoms with Gasteiger partial charge < -0.3 is 9.64 Å².